The maximum Gasteiger partial charge on any atom is 0.426 e. The fourth-order valence-electron chi connectivity index (χ4n) is 3.46. The highest BCUT2D eigenvalue weighted by Crippen LogP contribution is 2.55. The molecule has 0 spiro atoms. The highest BCUT2D eigenvalue weighted by atomic mass is 19.4. The van der Waals surface area contributed by atoms with E-state index in [1.165, 1.54) is 6.92 Å². The second kappa shape index (κ2) is 7.82. The first-order valence-corrected chi connectivity index (χ1v) is 8.59. The van der Waals surface area contributed by atoms with Gasteiger partial charge in [0.2, 0.25) is 0 Å². The van der Waals surface area contributed by atoms with Crippen LogP contribution in [-0.2, 0) is 4.74 Å². The Morgan fingerprint density at radius 2 is 1.25 bits per heavy atom. The first kappa shape index (κ1) is 25.3. The Kier molecular flexibility index (Phi) is 7.07. The van der Waals surface area contributed by atoms with E-state index in [1.54, 1.807) is 6.92 Å². The molecule has 1 saturated carbocycles. The molecule has 0 amide bonds. The van der Waals surface area contributed by atoms with Gasteiger partial charge in [-0.2, -0.15) is 39.5 Å². The summed E-state index contributed by atoms with van der Waals surface area (Å²) in [6.45, 7) is 3.36. The molecule has 1 aliphatic carbocycles. The second-order valence-electron chi connectivity index (χ2n) is 7.49. The van der Waals surface area contributed by atoms with Gasteiger partial charge < -0.3 is 14.9 Å². The van der Waals surface area contributed by atoms with Crippen LogP contribution in [0, 0.1) is 11.8 Å². The van der Waals surface area contributed by atoms with Gasteiger partial charge in [-0.15, -0.1) is 0 Å². The molecule has 5 unspecified atom stereocenters. The van der Waals surface area contributed by atoms with Gasteiger partial charge in [-0.3, -0.25) is 0 Å². The van der Waals surface area contributed by atoms with Crippen molar-refractivity contribution < 1.29 is 54.5 Å². The number of alkyl halides is 9. The Morgan fingerprint density at radius 3 is 1.61 bits per heavy atom. The van der Waals surface area contributed by atoms with Gasteiger partial charge in [0.05, 0.1) is 12.2 Å². The average Bonchev–Trinajstić information content (AvgIpc) is 2.50. The van der Waals surface area contributed by atoms with E-state index in [1.807, 2.05) is 0 Å². The highest BCUT2D eigenvalue weighted by molar-refractivity contribution is 5.05. The summed E-state index contributed by atoms with van der Waals surface area (Å²) in [5, 5.41) is 19.5. The Morgan fingerprint density at radius 1 is 0.821 bits per heavy atom. The van der Waals surface area contributed by atoms with Crippen LogP contribution in [0.25, 0.3) is 0 Å². The summed E-state index contributed by atoms with van der Waals surface area (Å²) in [6, 6.07) is 0. The van der Waals surface area contributed by atoms with Crippen LogP contribution in [-0.4, -0.2) is 52.2 Å². The average molecular weight is 434 g/mol. The van der Waals surface area contributed by atoms with Crippen molar-refractivity contribution in [3.63, 3.8) is 0 Å². The SMILES string of the molecule is CCC(C)OC1CC(C(C)(O)C(F)(F)F)CC(C(O)(C(F)(F)F)C(F)(F)F)C1. The van der Waals surface area contributed by atoms with Crippen LogP contribution in [0.1, 0.15) is 46.5 Å². The normalized spacial score (nSPS) is 28.7. The van der Waals surface area contributed by atoms with E-state index in [0.717, 1.165) is 0 Å². The Hall–Kier alpha value is -0.750. The molecule has 0 saturated heterocycles. The fourth-order valence-corrected chi connectivity index (χ4v) is 3.46. The first-order chi connectivity index (χ1) is 12.3. The molecular formula is C16H23F9O3. The second-order valence-corrected chi connectivity index (χ2v) is 7.49. The van der Waals surface area contributed by atoms with E-state index >= 15 is 0 Å². The molecule has 1 rings (SSSR count). The molecule has 168 valence electrons. The molecule has 0 bridgehead atoms. The van der Waals surface area contributed by atoms with Crippen molar-refractivity contribution in [3.05, 3.63) is 0 Å². The summed E-state index contributed by atoms with van der Waals surface area (Å²) >= 11 is 0. The summed E-state index contributed by atoms with van der Waals surface area (Å²) in [5.41, 5.74) is -8.78. The molecule has 0 aromatic carbocycles. The molecule has 28 heavy (non-hydrogen) atoms. The van der Waals surface area contributed by atoms with E-state index in [0.29, 0.717) is 13.3 Å². The Bertz CT molecular complexity index is 511. The Balaban J connectivity index is 3.40. The zero-order chi connectivity index (χ0) is 22.3. The van der Waals surface area contributed by atoms with E-state index in [2.05, 4.69) is 0 Å². The number of ether oxygens (including phenoxy) is 1. The van der Waals surface area contributed by atoms with Gasteiger partial charge >= 0.3 is 18.5 Å². The number of aliphatic hydroxyl groups is 2. The zero-order valence-electron chi connectivity index (χ0n) is 15.3. The fraction of sp³-hybridized carbons (Fsp3) is 1.00. The summed E-state index contributed by atoms with van der Waals surface area (Å²) in [4.78, 5) is 0. The van der Waals surface area contributed by atoms with Crippen LogP contribution in [0.15, 0.2) is 0 Å². The molecule has 0 radical (unpaired) electrons. The molecule has 12 heteroatoms. The third-order valence-electron chi connectivity index (χ3n) is 5.49. The predicted octanol–water partition coefficient (Wildman–Crippen LogP) is 4.76. The van der Waals surface area contributed by atoms with Gasteiger partial charge in [-0.1, -0.05) is 6.92 Å². The summed E-state index contributed by atoms with van der Waals surface area (Å²) in [7, 11) is 0. The molecular weight excluding hydrogens is 411 g/mol. The van der Waals surface area contributed by atoms with Crippen LogP contribution >= 0.6 is 0 Å². The van der Waals surface area contributed by atoms with E-state index in [9.17, 15) is 49.7 Å². The van der Waals surface area contributed by atoms with Crippen LogP contribution in [0.3, 0.4) is 0 Å². The third kappa shape index (κ3) is 4.69. The van der Waals surface area contributed by atoms with Gasteiger partial charge in [0.1, 0.15) is 0 Å². The topological polar surface area (TPSA) is 49.7 Å². The summed E-state index contributed by atoms with van der Waals surface area (Å²) in [5.74, 6) is -4.70. The van der Waals surface area contributed by atoms with E-state index < -0.39 is 73.0 Å². The van der Waals surface area contributed by atoms with Crippen molar-refractivity contribution in [2.24, 2.45) is 11.8 Å². The van der Waals surface area contributed by atoms with Gasteiger partial charge in [0, 0.05) is 5.92 Å². The monoisotopic (exact) mass is 434 g/mol. The van der Waals surface area contributed by atoms with Gasteiger partial charge in [0.25, 0.3) is 5.60 Å². The van der Waals surface area contributed by atoms with Gasteiger partial charge in [-0.25, -0.2) is 0 Å². The van der Waals surface area contributed by atoms with Crippen molar-refractivity contribution in [2.75, 3.05) is 0 Å². The first-order valence-electron chi connectivity index (χ1n) is 8.59. The minimum Gasteiger partial charge on any atom is -0.380 e. The smallest absolute Gasteiger partial charge is 0.380 e. The molecule has 0 aliphatic heterocycles. The molecule has 0 aromatic heterocycles. The van der Waals surface area contributed by atoms with Gasteiger partial charge in [0.15, 0.2) is 5.60 Å². The van der Waals surface area contributed by atoms with E-state index in [-0.39, 0.29) is 0 Å². The number of halogens is 9. The lowest BCUT2D eigenvalue weighted by molar-refractivity contribution is -0.392. The van der Waals surface area contributed by atoms with Crippen LogP contribution in [0.4, 0.5) is 39.5 Å². The predicted molar refractivity (Wildman–Crippen MR) is 79.2 cm³/mol. The van der Waals surface area contributed by atoms with Gasteiger partial charge in [-0.05, 0) is 45.4 Å². The molecule has 2 N–H and O–H groups in total. The molecule has 1 fully saturated rings. The lowest BCUT2D eigenvalue weighted by atomic mass is 9.66. The summed E-state index contributed by atoms with van der Waals surface area (Å²) in [6.07, 6.45) is -22.3. The van der Waals surface area contributed by atoms with Crippen LogP contribution in [0.2, 0.25) is 0 Å². The summed E-state index contributed by atoms with van der Waals surface area (Å²) < 4.78 is 124. The van der Waals surface area contributed by atoms with E-state index in [4.69, 9.17) is 4.74 Å². The standard InChI is InChI=1S/C16H23F9O3/c1-4-8(2)28-11-6-9(12(3,26)14(17,18)19)5-10(7-11)13(27,15(20,21)22)16(23,24)25/h8-11,26-27H,4-7H2,1-3H3. The lowest BCUT2D eigenvalue weighted by Gasteiger charge is -2.48. The van der Waals surface area contributed by atoms with Crippen LogP contribution < -0.4 is 0 Å². The molecule has 0 aromatic rings. The van der Waals surface area contributed by atoms with Crippen LogP contribution in [0.5, 0.6) is 0 Å². The Labute approximate surface area is 155 Å². The third-order valence-corrected chi connectivity index (χ3v) is 5.49. The minimum atomic E-state index is -6.18. The van der Waals surface area contributed by atoms with Crippen molar-refractivity contribution in [3.8, 4) is 0 Å². The quantitative estimate of drug-likeness (QED) is 0.614. The van der Waals surface area contributed by atoms with Crippen molar-refractivity contribution in [1.29, 1.82) is 0 Å². The molecule has 3 nitrogen and oxygen atoms in total. The number of hydrogen-bond acceptors (Lipinski definition) is 3. The molecule has 1 aliphatic rings. The number of hydrogen-bond donors (Lipinski definition) is 2. The molecule has 5 atom stereocenters. The maximum absolute atomic E-state index is 13.2. The lowest BCUT2D eigenvalue weighted by Crippen LogP contribution is -2.64. The maximum atomic E-state index is 13.2. The van der Waals surface area contributed by atoms with Crippen molar-refractivity contribution >= 4 is 0 Å². The highest BCUT2D eigenvalue weighted by Gasteiger charge is 2.74. The van der Waals surface area contributed by atoms with Crippen molar-refractivity contribution in [2.45, 2.75) is 88.4 Å². The zero-order valence-corrected chi connectivity index (χ0v) is 15.3. The molecule has 0 heterocycles. The minimum absolute atomic E-state index is 0.292. The number of rotatable bonds is 5. The largest absolute Gasteiger partial charge is 0.426 e. The van der Waals surface area contributed by atoms with Crippen molar-refractivity contribution in [1.82, 2.24) is 0 Å².